The highest BCUT2D eigenvalue weighted by atomic mass is 16.5. The fraction of sp³-hybridized carbons (Fsp3) is 0.238. The predicted octanol–water partition coefficient (Wildman–Crippen LogP) is 3.72. The van der Waals surface area contributed by atoms with Gasteiger partial charge in [0.1, 0.15) is 11.5 Å². The number of carbonyl (C=O) groups excluding carboxylic acids is 2. The summed E-state index contributed by atoms with van der Waals surface area (Å²) in [6, 6.07) is 13.3. The summed E-state index contributed by atoms with van der Waals surface area (Å²) in [5.74, 6) is -0.563. The Kier molecular flexibility index (Phi) is 5.45. The van der Waals surface area contributed by atoms with E-state index in [1.54, 1.807) is 48.5 Å². The molecule has 6 heteroatoms. The number of ether oxygens (including phenoxy) is 2. The van der Waals surface area contributed by atoms with E-state index in [2.05, 4.69) is 0 Å². The van der Waals surface area contributed by atoms with Gasteiger partial charge in [-0.3, -0.25) is 9.59 Å². The molecule has 27 heavy (non-hydrogen) atoms. The van der Waals surface area contributed by atoms with Gasteiger partial charge in [-0.1, -0.05) is 19.1 Å². The third kappa shape index (κ3) is 3.65. The number of benzene rings is 2. The molecule has 0 radical (unpaired) electrons. The average molecular weight is 367 g/mol. The van der Waals surface area contributed by atoms with E-state index in [0.29, 0.717) is 36.0 Å². The second-order valence-corrected chi connectivity index (χ2v) is 5.97. The first-order chi connectivity index (χ1) is 13.1. The predicted molar refractivity (Wildman–Crippen MR) is 102 cm³/mol. The van der Waals surface area contributed by atoms with Crippen LogP contribution in [-0.2, 0) is 9.59 Å². The number of rotatable bonds is 7. The second-order valence-electron chi connectivity index (χ2n) is 5.97. The minimum Gasteiger partial charge on any atom is -0.502 e. The lowest BCUT2D eigenvalue weighted by molar-refractivity contribution is -0.121. The molecule has 1 aliphatic heterocycles. The molecular formula is C21H21NO5. The van der Waals surface area contributed by atoms with Gasteiger partial charge in [0.05, 0.1) is 24.5 Å². The van der Waals surface area contributed by atoms with E-state index in [4.69, 9.17) is 9.47 Å². The minimum atomic E-state index is -0.745. The molecule has 0 spiro atoms. The SMILES string of the molecule is CCCOc1ccc(C2=C(O)C(=O)N(c3ccc(OCC)cc3)C2=O)cc1. The molecule has 0 aromatic heterocycles. The molecule has 0 saturated carbocycles. The molecule has 0 fully saturated rings. The van der Waals surface area contributed by atoms with Crippen LogP contribution in [0.1, 0.15) is 25.8 Å². The maximum Gasteiger partial charge on any atom is 0.301 e. The molecule has 1 heterocycles. The summed E-state index contributed by atoms with van der Waals surface area (Å²) < 4.78 is 10.9. The first kappa shape index (κ1) is 18.5. The van der Waals surface area contributed by atoms with Crippen LogP contribution >= 0.6 is 0 Å². The van der Waals surface area contributed by atoms with Crippen LogP contribution in [0.4, 0.5) is 5.69 Å². The highest BCUT2D eigenvalue weighted by Gasteiger charge is 2.40. The highest BCUT2D eigenvalue weighted by Crippen LogP contribution is 2.33. The third-order valence-corrected chi connectivity index (χ3v) is 4.08. The Balaban J connectivity index is 1.85. The van der Waals surface area contributed by atoms with Gasteiger partial charge in [0.2, 0.25) is 0 Å². The summed E-state index contributed by atoms with van der Waals surface area (Å²) in [5, 5.41) is 10.3. The Morgan fingerprint density at radius 3 is 2.04 bits per heavy atom. The molecule has 2 aromatic carbocycles. The van der Waals surface area contributed by atoms with Crippen molar-refractivity contribution in [2.45, 2.75) is 20.3 Å². The van der Waals surface area contributed by atoms with Crippen molar-refractivity contribution in [3.05, 3.63) is 59.9 Å². The average Bonchev–Trinajstić information content (AvgIpc) is 2.90. The highest BCUT2D eigenvalue weighted by molar-refractivity contribution is 6.44. The van der Waals surface area contributed by atoms with Gasteiger partial charge in [0.15, 0.2) is 5.76 Å². The minimum absolute atomic E-state index is 0.0177. The number of nitrogens with zero attached hydrogens (tertiary/aromatic N) is 1. The van der Waals surface area contributed by atoms with Crippen LogP contribution in [-0.4, -0.2) is 30.1 Å². The number of amides is 2. The summed E-state index contributed by atoms with van der Waals surface area (Å²) in [7, 11) is 0. The fourth-order valence-corrected chi connectivity index (χ4v) is 2.81. The number of imide groups is 1. The number of aliphatic hydroxyl groups excluding tert-OH is 1. The van der Waals surface area contributed by atoms with Crippen LogP contribution < -0.4 is 14.4 Å². The maximum absolute atomic E-state index is 12.8. The summed E-state index contributed by atoms with van der Waals surface area (Å²) >= 11 is 0. The number of aliphatic hydroxyl groups is 1. The summed E-state index contributed by atoms with van der Waals surface area (Å²) in [6.45, 7) is 4.99. The van der Waals surface area contributed by atoms with E-state index in [1.165, 1.54) is 0 Å². The number of carbonyl (C=O) groups is 2. The monoisotopic (exact) mass is 367 g/mol. The van der Waals surface area contributed by atoms with Gasteiger partial charge < -0.3 is 14.6 Å². The molecule has 2 amide bonds. The number of hydrogen-bond acceptors (Lipinski definition) is 5. The fourth-order valence-electron chi connectivity index (χ4n) is 2.81. The van der Waals surface area contributed by atoms with Crippen molar-refractivity contribution < 1.29 is 24.2 Å². The van der Waals surface area contributed by atoms with Gasteiger partial charge in [0.25, 0.3) is 5.91 Å². The first-order valence-electron chi connectivity index (χ1n) is 8.85. The smallest absolute Gasteiger partial charge is 0.301 e. The first-order valence-corrected chi connectivity index (χ1v) is 8.85. The lowest BCUT2D eigenvalue weighted by Gasteiger charge is -2.15. The van der Waals surface area contributed by atoms with Crippen molar-refractivity contribution in [2.75, 3.05) is 18.1 Å². The van der Waals surface area contributed by atoms with Gasteiger partial charge in [-0.15, -0.1) is 0 Å². The summed E-state index contributed by atoms with van der Waals surface area (Å²) in [5.41, 5.74) is 0.817. The van der Waals surface area contributed by atoms with E-state index < -0.39 is 17.6 Å². The van der Waals surface area contributed by atoms with Gasteiger partial charge in [-0.05, 0) is 55.3 Å². The van der Waals surface area contributed by atoms with Crippen LogP contribution in [0.3, 0.4) is 0 Å². The van der Waals surface area contributed by atoms with E-state index in [0.717, 1.165) is 11.3 Å². The lowest BCUT2D eigenvalue weighted by Crippen LogP contribution is -2.31. The van der Waals surface area contributed by atoms with Gasteiger partial charge in [-0.2, -0.15) is 0 Å². The Labute approximate surface area is 157 Å². The van der Waals surface area contributed by atoms with E-state index in [-0.39, 0.29) is 5.57 Å². The Hall–Kier alpha value is -3.28. The maximum atomic E-state index is 12.8. The molecule has 140 valence electrons. The third-order valence-electron chi connectivity index (χ3n) is 4.08. The van der Waals surface area contributed by atoms with Crippen molar-refractivity contribution in [1.29, 1.82) is 0 Å². The molecule has 1 N–H and O–H groups in total. The number of anilines is 1. The second kappa shape index (κ2) is 7.95. The van der Waals surface area contributed by atoms with E-state index in [9.17, 15) is 14.7 Å². The van der Waals surface area contributed by atoms with E-state index in [1.807, 2.05) is 13.8 Å². The zero-order chi connectivity index (χ0) is 19.4. The topological polar surface area (TPSA) is 76.1 Å². The van der Waals surface area contributed by atoms with Crippen LogP contribution in [0.5, 0.6) is 11.5 Å². The molecular weight excluding hydrogens is 346 g/mol. The molecule has 3 rings (SSSR count). The van der Waals surface area contributed by atoms with Crippen LogP contribution in [0.15, 0.2) is 54.3 Å². The van der Waals surface area contributed by atoms with Gasteiger partial charge >= 0.3 is 5.91 Å². The summed E-state index contributed by atoms with van der Waals surface area (Å²) in [4.78, 5) is 26.2. The molecule has 0 saturated heterocycles. The molecule has 0 aliphatic carbocycles. The van der Waals surface area contributed by atoms with Crippen molar-refractivity contribution in [1.82, 2.24) is 0 Å². The zero-order valence-corrected chi connectivity index (χ0v) is 15.3. The van der Waals surface area contributed by atoms with Crippen LogP contribution in [0.25, 0.3) is 5.57 Å². The zero-order valence-electron chi connectivity index (χ0n) is 15.3. The summed E-state index contributed by atoms with van der Waals surface area (Å²) in [6.07, 6.45) is 0.887. The van der Waals surface area contributed by atoms with Crippen molar-refractivity contribution in [3.63, 3.8) is 0 Å². The molecule has 0 bridgehead atoms. The normalized spacial score (nSPS) is 14.1. The van der Waals surface area contributed by atoms with Gasteiger partial charge in [-0.25, -0.2) is 4.90 Å². The van der Waals surface area contributed by atoms with E-state index >= 15 is 0 Å². The van der Waals surface area contributed by atoms with Crippen molar-refractivity contribution >= 4 is 23.1 Å². The molecule has 2 aromatic rings. The van der Waals surface area contributed by atoms with Crippen molar-refractivity contribution in [3.8, 4) is 11.5 Å². The molecule has 1 aliphatic rings. The standard InChI is InChI=1S/C21H21NO5/c1-3-13-27-17-9-5-14(6-10-17)18-19(23)21(25)22(20(18)24)15-7-11-16(12-8-15)26-4-2/h5-12,23H,3-4,13H2,1-2H3. The largest absolute Gasteiger partial charge is 0.502 e. The Bertz CT molecular complexity index is 868. The lowest BCUT2D eigenvalue weighted by atomic mass is 10.1. The Morgan fingerprint density at radius 2 is 1.44 bits per heavy atom. The molecule has 0 unspecified atom stereocenters. The van der Waals surface area contributed by atoms with Gasteiger partial charge in [0, 0.05) is 0 Å². The van der Waals surface area contributed by atoms with Crippen LogP contribution in [0.2, 0.25) is 0 Å². The van der Waals surface area contributed by atoms with Crippen molar-refractivity contribution in [2.24, 2.45) is 0 Å². The Morgan fingerprint density at radius 1 is 0.852 bits per heavy atom. The molecule has 6 nitrogen and oxygen atoms in total. The number of hydrogen-bond donors (Lipinski definition) is 1. The quantitative estimate of drug-likeness (QED) is 0.755. The van der Waals surface area contributed by atoms with Crippen LogP contribution in [0, 0.1) is 0 Å². The molecule has 0 atom stereocenters.